The molecule has 0 atom stereocenters. The van der Waals surface area contributed by atoms with Crippen molar-refractivity contribution in [1.82, 2.24) is 4.98 Å². The van der Waals surface area contributed by atoms with Gasteiger partial charge in [0.2, 0.25) is 0 Å². The molecular formula is C17H24BNO2. The molecule has 0 spiro atoms. The standard InChI is InChI=1S/C15H18BNO2.C2H6/c1-14(2)15(3,4)19-16(18-14)12-7-8-13-11(10-12)6-5-9-17-13;1-2/h5-10H,1-4H3;1-2H3. The van der Waals surface area contributed by atoms with E-state index in [4.69, 9.17) is 9.31 Å². The van der Waals surface area contributed by atoms with Gasteiger partial charge in [0, 0.05) is 6.20 Å². The van der Waals surface area contributed by atoms with E-state index in [0.29, 0.717) is 0 Å². The molecule has 1 saturated heterocycles. The van der Waals surface area contributed by atoms with Gasteiger partial charge in [0.1, 0.15) is 0 Å². The van der Waals surface area contributed by atoms with Gasteiger partial charge >= 0.3 is 7.12 Å². The van der Waals surface area contributed by atoms with Gasteiger partial charge in [-0.1, -0.05) is 32.0 Å². The third kappa shape index (κ3) is 2.97. The van der Waals surface area contributed by atoms with Crippen molar-refractivity contribution in [1.29, 1.82) is 0 Å². The van der Waals surface area contributed by atoms with Crippen LogP contribution in [0.15, 0.2) is 36.5 Å². The molecule has 1 aromatic heterocycles. The van der Waals surface area contributed by atoms with Crippen LogP contribution in [0.5, 0.6) is 0 Å². The monoisotopic (exact) mass is 285 g/mol. The van der Waals surface area contributed by atoms with Crippen molar-refractivity contribution >= 4 is 23.5 Å². The predicted molar refractivity (Wildman–Crippen MR) is 88.8 cm³/mol. The number of hydrogen-bond donors (Lipinski definition) is 0. The lowest BCUT2D eigenvalue weighted by Crippen LogP contribution is -2.41. The van der Waals surface area contributed by atoms with Crippen molar-refractivity contribution < 1.29 is 9.31 Å². The zero-order valence-electron chi connectivity index (χ0n) is 13.8. The molecule has 112 valence electrons. The smallest absolute Gasteiger partial charge is 0.399 e. The van der Waals surface area contributed by atoms with Crippen LogP contribution in [-0.4, -0.2) is 23.3 Å². The maximum Gasteiger partial charge on any atom is 0.494 e. The van der Waals surface area contributed by atoms with Gasteiger partial charge in [-0.05, 0) is 50.7 Å². The second kappa shape index (κ2) is 5.78. The highest BCUT2D eigenvalue weighted by Gasteiger charge is 2.51. The van der Waals surface area contributed by atoms with E-state index in [1.807, 2.05) is 32.0 Å². The number of hydrogen-bond acceptors (Lipinski definition) is 3. The van der Waals surface area contributed by atoms with Crippen molar-refractivity contribution in [2.75, 3.05) is 0 Å². The van der Waals surface area contributed by atoms with Crippen LogP contribution in [-0.2, 0) is 9.31 Å². The number of benzene rings is 1. The first-order valence-corrected chi connectivity index (χ1v) is 7.59. The lowest BCUT2D eigenvalue weighted by atomic mass is 9.78. The average Bonchev–Trinajstić information content (AvgIpc) is 2.69. The Balaban J connectivity index is 0.000000774. The molecule has 1 aliphatic heterocycles. The van der Waals surface area contributed by atoms with Gasteiger partial charge in [0.15, 0.2) is 0 Å². The van der Waals surface area contributed by atoms with E-state index in [0.717, 1.165) is 16.4 Å². The Bertz CT molecular complexity index is 609. The third-order valence-electron chi connectivity index (χ3n) is 4.15. The van der Waals surface area contributed by atoms with Crippen LogP contribution in [0.2, 0.25) is 0 Å². The molecular weight excluding hydrogens is 261 g/mol. The van der Waals surface area contributed by atoms with Gasteiger partial charge in [0.25, 0.3) is 0 Å². The van der Waals surface area contributed by atoms with Crippen LogP contribution < -0.4 is 5.46 Å². The normalized spacial score (nSPS) is 19.2. The van der Waals surface area contributed by atoms with Crippen LogP contribution in [0.1, 0.15) is 41.5 Å². The number of fused-ring (bicyclic) bond motifs is 1. The summed E-state index contributed by atoms with van der Waals surface area (Å²) in [5.41, 5.74) is 1.42. The summed E-state index contributed by atoms with van der Waals surface area (Å²) in [5, 5.41) is 1.11. The zero-order chi connectivity index (χ0) is 15.7. The van der Waals surface area contributed by atoms with Crippen molar-refractivity contribution in [3.05, 3.63) is 36.5 Å². The minimum atomic E-state index is -0.311. The Labute approximate surface area is 127 Å². The van der Waals surface area contributed by atoms with Crippen LogP contribution >= 0.6 is 0 Å². The molecule has 0 amide bonds. The van der Waals surface area contributed by atoms with E-state index in [-0.39, 0.29) is 18.3 Å². The molecule has 3 nitrogen and oxygen atoms in total. The summed E-state index contributed by atoms with van der Waals surface area (Å²) in [6, 6.07) is 10.1. The number of rotatable bonds is 1. The van der Waals surface area contributed by atoms with Crippen molar-refractivity contribution in [3.63, 3.8) is 0 Å². The number of aromatic nitrogens is 1. The largest absolute Gasteiger partial charge is 0.494 e. The quantitative estimate of drug-likeness (QED) is 0.751. The summed E-state index contributed by atoms with van der Waals surface area (Å²) in [6.45, 7) is 12.3. The molecule has 2 aromatic rings. The molecule has 4 heteroatoms. The first-order valence-electron chi connectivity index (χ1n) is 7.59. The second-order valence-corrected chi connectivity index (χ2v) is 6.04. The molecule has 0 bridgehead atoms. The molecule has 0 saturated carbocycles. The van der Waals surface area contributed by atoms with E-state index in [1.54, 1.807) is 6.20 Å². The fourth-order valence-corrected chi connectivity index (χ4v) is 2.22. The van der Waals surface area contributed by atoms with Crippen LogP contribution in [0.3, 0.4) is 0 Å². The molecule has 0 radical (unpaired) electrons. The molecule has 1 aliphatic rings. The van der Waals surface area contributed by atoms with Crippen LogP contribution in [0, 0.1) is 0 Å². The molecule has 0 unspecified atom stereocenters. The molecule has 21 heavy (non-hydrogen) atoms. The Hall–Kier alpha value is -1.39. The summed E-state index contributed by atoms with van der Waals surface area (Å²) in [7, 11) is -0.311. The fraction of sp³-hybridized carbons (Fsp3) is 0.471. The van der Waals surface area contributed by atoms with Gasteiger partial charge in [-0.25, -0.2) is 0 Å². The topological polar surface area (TPSA) is 31.4 Å². The highest BCUT2D eigenvalue weighted by molar-refractivity contribution is 6.62. The Kier molecular flexibility index (Phi) is 4.40. The maximum absolute atomic E-state index is 6.06. The molecule has 1 aromatic carbocycles. The lowest BCUT2D eigenvalue weighted by molar-refractivity contribution is 0.00578. The zero-order valence-corrected chi connectivity index (χ0v) is 13.8. The maximum atomic E-state index is 6.06. The molecule has 0 N–H and O–H groups in total. The average molecular weight is 285 g/mol. The summed E-state index contributed by atoms with van der Waals surface area (Å²) < 4.78 is 12.1. The Morgan fingerprint density at radius 3 is 2.19 bits per heavy atom. The van der Waals surface area contributed by atoms with E-state index < -0.39 is 0 Å². The third-order valence-corrected chi connectivity index (χ3v) is 4.15. The predicted octanol–water partition coefficient (Wildman–Crippen LogP) is 3.56. The van der Waals surface area contributed by atoms with Crippen molar-refractivity contribution in [2.45, 2.75) is 52.7 Å². The van der Waals surface area contributed by atoms with E-state index >= 15 is 0 Å². The molecule has 0 aliphatic carbocycles. The van der Waals surface area contributed by atoms with Gasteiger partial charge in [-0.2, -0.15) is 0 Å². The lowest BCUT2D eigenvalue weighted by Gasteiger charge is -2.32. The van der Waals surface area contributed by atoms with Crippen LogP contribution in [0.25, 0.3) is 10.9 Å². The minimum absolute atomic E-state index is 0.304. The number of pyridine rings is 1. The first kappa shape index (κ1) is 16.0. The van der Waals surface area contributed by atoms with Crippen molar-refractivity contribution in [3.8, 4) is 0 Å². The summed E-state index contributed by atoms with van der Waals surface area (Å²) in [5.74, 6) is 0. The fourth-order valence-electron chi connectivity index (χ4n) is 2.22. The SMILES string of the molecule is CC.CC1(C)OB(c2ccc3ncccc3c2)OC1(C)C. The van der Waals surface area contributed by atoms with Gasteiger partial charge < -0.3 is 9.31 Å². The van der Waals surface area contributed by atoms with E-state index in [1.165, 1.54) is 0 Å². The first-order chi connectivity index (χ1) is 9.89. The van der Waals surface area contributed by atoms with Crippen LogP contribution in [0.4, 0.5) is 0 Å². The van der Waals surface area contributed by atoms with Gasteiger partial charge in [-0.3, -0.25) is 4.98 Å². The molecule has 3 rings (SSSR count). The summed E-state index contributed by atoms with van der Waals surface area (Å²) >= 11 is 0. The second-order valence-electron chi connectivity index (χ2n) is 6.04. The highest BCUT2D eigenvalue weighted by atomic mass is 16.7. The van der Waals surface area contributed by atoms with Gasteiger partial charge in [-0.15, -0.1) is 0 Å². The van der Waals surface area contributed by atoms with Gasteiger partial charge in [0.05, 0.1) is 16.7 Å². The summed E-state index contributed by atoms with van der Waals surface area (Å²) in [4.78, 5) is 4.32. The highest BCUT2D eigenvalue weighted by Crippen LogP contribution is 2.36. The summed E-state index contributed by atoms with van der Waals surface area (Å²) in [6.07, 6.45) is 1.80. The Morgan fingerprint density at radius 1 is 0.952 bits per heavy atom. The molecule has 2 heterocycles. The van der Waals surface area contributed by atoms with E-state index in [9.17, 15) is 0 Å². The van der Waals surface area contributed by atoms with Crippen molar-refractivity contribution in [2.24, 2.45) is 0 Å². The van der Waals surface area contributed by atoms with E-state index in [2.05, 4.69) is 44.8 Å². The molecule has 1 fully saturated rings. The Morgan fingerprint density at radius 2 is 1.57 bits per heavy atom. The minimum Gasteiger partial charge on any atom is -0.399 e. The number of nitrogens with zero attached hydrogens (tertiary/aromatic N) is 1.